The number of carbonyl (C=O) groups is 1. The number of carbonyl (C=O) groups excluding carboxylic acids is 1. The first kappa shape index (κ1) is 18.6. The van der Waals surface area contributed by atoms with Crippen LogP contribution < -0.4 is 5.56 Å². The van der Waals surface area contributed by atoms with Crippen LogP contribution in [0.1, 0.15) is 19.3 Å². The van der Waals surface area contributed by atoms with Crippen LogP contribution in [-0.2, 0) is 11.3 Å². The SMILES string of the molecule is O=C(C1CC1)N1CCC(Cn2c(-c3ccc(Br)cc3)nc3ccccc3c2=O)C1. The Kier molecular flexibility index (Phi) is 4.74. The van der Waals surface area contributed by atoms with E-state index in [1.54, 1.807) is 4.57 Å². The molecule has 2 aliphatic rings. The number of benzene rings is 2. The van der Waals surface area contributed by atoms with Gasteiger partial charge in [-0.2, -0.15) is 0 Å². The van der Waals surface area contributed by atoms with Gasteiger partial charge < -0.3 is 4.90 Å². The molecule has 1 aliphatic carbocycles. The second-order valence-electron chi connectivity index (χ2n) is 8.09. The molecule has 2 fully saturated rings. The minimum absolute atomic E-state index is 0.0134. The number of para-hydroxylation sites is 1. The van der Waals surface area contributed by atoms with Gasteiger partial charge in [-0.1, -0.05) is 40.2 Å². The van der Waals surface area contributed by atoms with E-state index in [0.717, 1.165) is 42.4 Å². The van der Waals surface area contributed by atoms with Crippen LogP contribution in [0, 0.1) is 11.8 Å². The van der Waals surface area contributed by atoms with Gasteiger partial charge in [0.1, 0.15) is 5.82 Å². The van der Waals surface area contributed by atoms with Crippen LogP contribution in [-0.4, -0.2) is 33.4 Å². The molecule has 0 N–H and O–H groups in total. The van der Waals surface area contributed by atoms with Gasteiger partial charge in [0, 0.05) is 35.6 Å². The molecule has 6 heteroatoms. The van der Waals surface area contributed by atoms with Crippen molar-refractivity contribution in [3.63, 3.8) is 0 Å². The molecule has 0 bridgehead atoms. The van der Waals surface area contributed by atoms with E-state index in [1.807, 2.05) is 53.4 Å². The molecule has 29 heavy (non-hydrogen) atoms. The zero-order chi connectivity index (χ0) is 20.0. The zero-order valence-corrected chi connectivity index (χ0v) is 17.6. The molecule has 1 aromatic heterocycles. The van der Waals surface area contributed by atoms with Gasteiger partial charge in [0.2, 0.25) is 5.91 Å². The summed E-state index contributed by atoms with van der Waals surface area (Å²) in [6.45, 7) is 2.11. The maximum atomic E-state index is 13.3. The Hall–Kier alpha value is -2.47. The van der Waals surface area contributed by atoms with Crippen LogP contribution in [0.3, 0.4) is 0 Å². The van der Waals surface area contributed by atoms with Crippen LogP contribution in [0.25, 0.3) is 22.3 Å². The smallest absolute Gasteiger partial charge is 0.261 e. The van der Waals surface area contributed by atoms with E-state index in [-0.39, 0.29) is 17.4 Å². The lowest BCUT2D eigenvalue weighted by Gasteiger charge is -2.19. The Bertz CT molecular complexity index is 1140. The highest BCUT2D eigenvalue weighted by molar-refractivity contribution is 9.10. The van der Waals surface area contributed by atoms with Gasteiger partial charge in [-0.3, -0.25) is 14.2 Å². The number of hydrogen-bond donors (Lipinski definition) is 0. The molecule has 0 spiro atoms. The van der Waals surface area contributed by atoms with Crippen molar-refractivity contribution in [2.75, 3.05) is 13.1 Å². The molecule has 5 nitrogen and oxygen atoms in total. The number of aromatic nitrogens is 2. The molecule has 0 radical (unpaired) electrons. The van der Waals surface area contributed by atoms with Crippen molar-refractivity contribution < 1.29 is 4.79 Å². The fraction of sp³-hybridized carbons (Fsp3) is 0.348. The van der Waals surface area contributed by atoms with Crippen molar-refractivity contribution in [2.24, 2.45) is 11.8 Å². The predicted molar refractivity (Wildman–Crippen MR) is 117 cm³/mol. The standard InChI is InChI=1S/C23H22BrN3O2/c24-18-9-7-16(8-10-18)21-25-20-4-2-1-3-19(20)23(29)27(21)14-15-11-12-26(13-15)22(28)17-5-6-17/h1-4,7-10,15,17H,5-6,11-14H2. The summed E-state index contributed by atoms with van der Waals surface area (Å²) < 4.78 is 2.79. The van der Waals surface area contributed by atoms with Gasteiger partial charge in [0.15, 0.2) is 0 Å². The summed E-state index contributed by atoms with van der Waals surface area (Å²) in [5.74, 6) is 1.50. The highest BCUT2D eigenvalue weighted by Crippen LogP contribution is 2.33. The van der Waals surface area contributed by atoms with Crippen molar-refractivity contribution in [1.29, 1.82) is 0 Å². The van der Waals surface area contributed by atoms with Gasteiger partial charge in [-0.05, 0) is 49.4 Å². The Balaban J connectivity index is 1.52. The first-order valence-electron chi connectivity index (χ1n) is 10.1. The second kappa shape index (κ2) is 7.41. The lowest BCUT2D eigenvalue weighted by molar-refractivity contribution is -0.131. The topological polar surface area (TPSA) is 55.2 Å². The van der Waals surface area contributed by atoms with E-state index in [1.165, 1.54) is 0 Å². The third kappa shape index (κ3) is 3.62. The average Bonchev–Trinajstić information content (AvgIpc) is 3.48. The largest absolute Gasteiger partial charge is 0.342 e. The molecule has 3 aromatic rings. The minimum Gasteiger partial charge on any atom is -0.342 e. The van der Waals surface area contributed by atoms with Gasteiger partial charge in [0.25, 0.3) is 5.56 Å². The monoisotopic (exact) mass is 451 g/mol. The molecule has 1 saturated heterocycles. The van der Waals surface area contributed by atoms with E-state index in [9.17, 15) is 9.59 Å². The number of halogens is 1. The van der Waals surface area contributed by atoms with Gasteiger partial charge in [0.05, 0.1) is 10.9 Å². The second-order valence-corrected chi connectivity index (χ2v) is 9.00. The minimum atomic E-state index is -0.0134. The molecule has 1 unspecified atom stereocenters. The van der Waals surface area contributed by atoms with Crippen LogP contribution in [0.5, 0.6) is 0 Å². The predicted octanol–water partition coefficient (Wildman–Crippen LogP) is 4.08. The van der Waals surface area contributed by atoms with Gasteiger partial charge in [-0.25, -0.2) is 4.98 Å². The summed E-state index contributed by atoms with van der Waals surface area (Å²) >= 11 is 3.47. The van der Waals surface area contributed by atoms with Crippen molar-refractivity contribution in [2.45, 2.75) is 25.8 Å². The number of likely N-dealkylation sites (tertiary alicyclic amines) is 1. The quantitative estimate of drug-likeness (QED) is 0.600. The van der Waals surface area contributed by atoms with E-state index < -0.39 is 0 Å². The molecule has 148 valence electrons. The summed E-state index contributed by atoms with van der Waals surface area (Å²) in [6.07, 6.45) is 2.99. The summed E-state index contributed by atoms with van der Waals surface area (Å²) in [4.78, 5) is 32.6. The maximum absolute atomic E-state index is 13.3. The molecule has 1 aliphatic heterocycles. The molecule has 2 heterocycles. The lowest BCUT2D eigenvalue weighted by Crippen LogP contribution is -2.32. The molecule has 1 saturated carbocycles. The van der Waals surface area contributed by atoms with E-state index >= 15 is 0 Å². The average molecular weight is 452 g/mol. The molecular weight excluding hydrogens is 430 g/mol. The zero-order valence-electron chi connectivity index (χ0n) is 16.1. The van der Waals surface area contributed by atoms with E-state index in [4.69, 9.17) is 4.98 Å². The Labute approximate surface area is 177 Å². The molecule has 5 rings (SSSR count). The normalized spacial score (nSPS) is 19.1. The molecule has 2 aromatic carbocycles. The van der Waals surface area contributed by atoms with Crippen molar-refractivity contribution >= 4 is 32.7 Å². The van der Waals surface area contributed by atoms with Gasteiger partial charge in [-0.15, -0.1) is 0 Å². The summed E-state index contributed by atoms with van der Waals surface area (Å²) in [7, 11) is 0. The Morgan fingerprint density at radius 2 is 1.83 bits per heavy atom. The van der Waals surface area contributed by atoms with Crippen LogP contribution in [0.2, 0.25) is 0 Å². The van der Waals surface area contributed by atoms with Crippen LogP contribution >= 0.6 is 15.9 Å². The molecule has 1 amide bonds. The van der Waals surface area contributed by atoms with Crippen molar-refractivity contribution in [3.8, 4) is 11.4 Å². The number of amides is 1. The third-order valence-corrected chi connectivity index (χ3v) is 6.46. The highest BCUT2D eigenvalue weighted by Gasteiger charge is 2.36. The third-order valence-electron chi connectivity index (χ3n) is 5.93. The Morgan fingerprint density at radius 1 is 1.07 bits per heavy atom. The fourth-order valence-electron chi connectivity index (χ4n) is 4.19. The van der Waals surface area contributed by atoms with Crippen LogP contribution in [0.4, 0.5) is 0 Å². The number of fused-ring (bicyclic) bond motifs is 1. The van der Waals surface area contributed by atoms with Crippen LogP contribution in [0.15, 0.2) is 57.8 Å². The van der Waals surface area contributed by atoms with E-state index in [2.05, 4.69) is 15.9 Å². The van der Waals surface area contributed by atoms with Gasteiger partial charge >= 0.3 is 0 Å². The fourth-order valence-corrected chi connectivity index (χ4v) is 4.45. The molecule has 1 atom stereocenters. The first-order chi connectivity index (χ1) is 14.1. The summed E-state index contributed by atoms with van der Waals surface area (Å²) in [5, 5.41) is 0.636. The summed E-state index contributed by atoms with van der Waals surface area (Å²) in [6, 6.07) is 15.4. The lowest BCUT2D eigenvalue weighted by atomic mass is 10.1. The number of hydrogen-bond acceptors (Lipinski definition) is 3. The number of rotatable bonds is 4. The maximum Gasteiger partial charge on any atom is 0.261 e. The van der Waals surface area contributed by atoms with Crippen molar-refractivity contribution in [3.05, 3.63) is 63.4 Å². The van der Waals surface area contributed by atoms with Crippen molar-refractivity contribution in [1.82, 2.24) is 14.5 Å². The number of nitrogens with zero attached hydrogens (tertiary/aromatic N) is 3. The molecular formula is C23H22BrN3O2. The Morgan fingerprint density at radius 3 is 2.59 bits per heavy atom. The first-order valence-corrected chi connectivity index (χ1v) is 10.9. The van der Waals surface area contributed by atoms with E-state index in [0.29, 0.717) is 29.2 Å². The highest BCUT2D eigenvalue weighted by atomic mass is 79.9. The summed E-state index contributed by atoms with van der Waals surface area (Å²) in [5.41, 5.74) is 1.61.